The normalized spacial score (nSPS) is 10.3. The maximum Gasteiger partial charge on any atom is 0.303 e. The van der Waals surface area contributed by atoms with Gasteiger partial charge in [-0.1, -0.05) is 24.3 Å². The SMILES string of the molecule is O=C(O)CCCc1ccc(NC(=O)Cc2ccc(F)cc2)cc1. The summed E-state index contributed by atoms with van der Waals surface area (Å²) in [5.74, 6) is -1.29. The first kappa shape index (κ1) is 16.7. The number of rotatable bonds is 7. The average Bonchev–Trinajstić information content (AvgIpc) is 2.51. The highest BCUT2D eigenvalue weighted by atomic mass is 19.1. The van der Waals surface area contributed by atoms with Crippen LogP contribution in [0.4, 0.5) is 10.1 Å². The lowest BCUT2D eigenvalue weighted by Crippen LogP contribution is -2.14. The summed E-state index contributed by atoms with van der Waals surface area (Å²) < 4.78 is 12.8. The second kappa shape index (κ2) is 8.08. The highest BCUT2D eigenvalue weighted by Gasteiger charge is 2.05. The molecule has 0 aliphatic carbocycles. The number of anilines is 1. The van der Waals surface area contributed by atoms with Crippen LogP contribution in [0.5, 0.6) is 0 Å². The van der Waals surface area contributed by atoms with E-state index in [9.17, 15) is 14.0 Å². The fraction of sp³-hybridized carbons (Fsp3) is 0.222. The number of halogens is 1. The topological polar surface area (TPSA) is 66.4 Å². The van der Waals surface area contributed by atoms with E-state index >= 15 is 0 Å². The van der Waals surface area contributed by atoms with E-state index in [-0.39, 0.29) is 24.6 Å². The van der Waals surface area contributed by atoms with Gasteiger partial charge in [-0.05, 0) is 48.2 Å². The molecule has 2 aromatic carbocycles. The third kappa shape index (κ3) is 5.90. The van der Waals surface area contributed by atoms with Gasteiger partial charge in [0.15, 0.2) is 0 Å². The van der Waals surface area contributed by atoms with Crippen LogP contribution in [-0.2, 0) is 22.4 Å². The molecule has 0 bridgehead atoms. The maximum atomic E-state index is 12.8. The molecule has 1 amide bonds. The van der Waals surface area contributed by atoms with Crippen LogP contribution >= 0.6 is 0 Å². The first-order chi connectivity index (χ1) is 11.0. The Kier molecular flexibility index (Phi) is 5.86. The second-order valence-corrected chi connectivity index (χ2v) is 5.30. The van der Waals surface area contributed by atoms with Crippen LogP contribution in [0.1, 0.15) is 24.0 Å². The van der Waals surface area contributed by atoms with Crippen molar-refractivity contribution in [3.8, 4) is 0 Å². The summed E-state index contributed by atoms with van der Waals surface area (Å²) in [6.45, 7) is 0. The number of carbonyl (C=O) groups excluding carboxylic acids is 1. The van der Waals surface area contributed by atoms with Crippen LogP contribution < -0.4 is 5.32 Å². The number of carbonyl (C=O) groups is 2. The third-order valence-corrected chi connectivity index (χ3v) is 3.37. The van der Waals surface area contributed by atoms with E-state index in [2.05, 4.69) is 5.32 Å². The number of aryl methyl sites for hydroxylation is 1. The molecular formula is C18H18FNO3. The van der Waals surface area contributed by atoms with E-state index in [1.807, 2.05) is 12.1 Å². The van der Waals surface area contributed by atoms with Gasteiger partial charge in [0.05, 0.1) is 6.42 Å². The monoisotopic (exact) mass is 315 g/mol. The largest absolute Gasteiger partial charge is 0.481 e. The van der Waals surface area contributed by atoms with Crippen molar-refractivity contribution in [1.29, 1.82) is 0 Å². The smallest absolute Gasteiger partial charge is 0.303 e. The van der Waals surface area contributed by atoms with Crippen LogP contribution in [0.25, 0.3) is 0 Å². The number of aliphatic carboxylic acids is 1. The lowest BCUT2D eigenvalue weighted by Gasteiger charge is -2.07. The lowest BCUT2D eigenvalue weighted by atomic mass is 10.1. The van der Waals surface area contributed by atoms with Gasteiger partial charge >= 0.3 is 5.97 Å². The van der Waals surface area contributed by atoms with Crippen LogP contribution in [0.15, 0.2) is 48.5 Å². The molecule has 120 valence electrons. The highest BCUT2D eigenvalue weighted by Crippen LogP contribution is 2.13. The fourth-order valence-electron chi connectivity index (χ4n) is 2.19. The Morgan fingerprint density at radius 1 is 0.957 bits per heavy atom. The van der Waals surface area contributed by atoms with Gasteiger partial charge in [0.1, 0.15) is 5.82 Å². The first-order valence-corrected chi connectivity index (χ1v) is 7.38. The Labute approximate surface area is 134 Å². The van der Waals surface area contributed by atoms with Gasteiger partial charge in [0.25, 0.3) is 0 Å². The minimum Gasteiger partial charge on any atom is -0.481 e. The van der Waals surface area contributed by atoms with Crippen molar-refractivity contribution in [3.05, 3.63) is 65.5 Å². The van der Waals surface area contributed by atoms with E-state index in [0.717, 1.165) is 11.1 Å². The maximum absolute atomic E-state index is 12.8. The molecule has 5 heteroatoms. The zero-order valence-electron chi connectivity index (χ0n) is 12.6. The Balaban J connectivity index is 1.83. The third-order valence-electron chi connectivity index (χ3n) is 3.37. The van der Waals surface area contributed by atoms with E-state index < -0.39 is 5.97 Å². The fourth-order valence-corrected chi connectivity index (χ4v) is 2.19. The van der Waals surface area contributed by atoms with Gasteiger partial charge < -0.3 is 10.4 Å². The Morgan fingerprint density at radius 3 is 2.17 bits per heavy atom. The van der Waals surface area contributed by atoms with Gasteiger partial charge in [0.2, 0.25) is 5.91 Å². The van der Waals surface area contributed by atoms with E-state index in [1.54, 1.807) is 24.3 Å². The molecule has 0 unspecified atom stereocenters. The molecule has 0 heterocycles. The molecule has 2 aromatic rings. The molecule has 4 nitrogen and oxygen atoms in total. The molecular weight excluding hydrogens is 297 g/mol. The molecule has 2 rings (SSSR count). The summed E-state index contributed by atoms with van der Waals surface area (Å²) in [5, 5.41) is 11.4. The first-order valence-electron chi connectivity index (χ1n) is 7.38. The van der Waals surface area contributed by atoms with E-state index in [0.29, 0.717) is 18.5 Å². The minimum absolute atomic E-state index is 0.149. The van der Waals surface area contributed by atoms with Crippen molar-refractivity contribution in [1.82, 2.24) is 0 Å². The predicted molar refractivity (Wildman–Crippen MR) is 85.7 cm³/mol. The number of benzene rings is 2. The lowest BCUT2D eigenvalue weighted by molar-refractivity contribution is -0.137. The predicted octanol–water partition coefficient (Wildman–Crippen LogP) is 3.41. The number of hydrogen-bond donors (Lipinski definition) is 2. The summed E-state index contributed by atoms with van der Waals surface area (Å²) in [4.78, 5) is 22.4. The molecule has 2 N–H and O–H groups in total. The Morgan fingerprint density at radius 2 is 1.57 bits per heavy atom. The summed E-state index contributed by atoms with van der Waals surface area (Å²) in [6.07, 6.45) is 1.61. The number of amides is 1. The van der Waals surface area contributed by atoms with E-state index in [4.69, 9.17) is 5.11 Å². The molecule has 0 fully saturated rings. The quantitative estimate of drug-likeness (QED) is 0.823. The number of nitrogens with one attached hydrogen (secondary N) is 1. The van der Waals surface area contributed by atoms with Gasteiger partial charge in [0, 0.05) is 12.1 Å². The molecule has 0 aliphatic heterocycles. The average molecular weight is 315 g/mol. The van der Waals surface area contributed by atoms with Crippen molar-refractivity contribution < 1.29 is 19.1 Å². The van der Waals surface area contributed by atoms with Crippen LogP contribution in [-0.4, -0.2) is 17.0 Å². The summed E-state index contributed by atoms with van der Waals surface area (Å²) in [6, 6.07) is 13.1. The second-order valence-electron chi connectivity index (χ2n) is 5.30. The molecule has 0 aliphatic rings. The standard InChI is InChI=1S/C18H18FNO3/c19-15-8-4-14(5-9-15)12-17(21)20-16-10-6-13(7-11-16)2-1-3-18(22)23/h4-11H,1-3,12H2,(H,20,21)(H,22,23). The van der Waals surface area contributed by atoms with Crippen molar-refractivity contribution >= 4 is 17.6 Å². The molecule has 0 atom stereocenters. The van der Waals surface area contributed by atoms with Crippen LogP contribution in [0.3, 0.4) is 0 Å². The number of hydrogen-bond acceptors (Lipinski definition) is 2. The van der Waals surface area contributed by atoms with Gasteiger partial charge in [-0.15, -0.1) is 0 Å². The summed E-state index contributed by atoms with van der Waals surface area (Å²) in [5.41, 5.74) is 2.45. The van der Waals surface area contributed by atoms with Crippen molar-refractivity contribution in [2.75, 3.05) is 5.32 Å². The summed E-state index contributed by atoms with van der Waals surface area (Å²) >= 11 is 0. The van der Waals surface area contributed by atoms with Gasteiger partial charge in [-0.25, -0.2) is 4.39 Å². The molecule has 0 aromatic heterocycles. The molecule has 0 saturated carbocycles. The highest BCUT2D eigenvalue weighted by molar-refractivity contribution is 5.92. The van der Waals surface area contributed by atoms with Crippen LogP contribution in [0, 0.1) is 5.82 Å². The van der Waals surface area contributed by atoms with Crippen molar-refractivity contribution in [2.45, 2.75) is 25.7 Å². The van der Waals surface area contributed by atoms with E-state index in [1.165, 1.54) is 12.1 Å². The number of carboxylic acids is 1. The molecule has 0 spiro atoms. The molecule has 0 radical (unpaired) electrons. The zero-order valence-corrected chi connectivity index (χ0v) is 12.6. The molecule has 23 heavy (non-hydrogen) atoms. The Bertz CT molecular complexity index is 666. The minimum atomic E-state index is -0.797. The number of carboxylic acid groups (broad SMARTS) is 1. The van der Waals surface area contributed by atoms with Gasteiger partial charge in [-0.3, -0.25) is 9.59 Å². The summed E-state index contributed by atoms with van der Waals surface area (Å²) in [7, 11) is 0. The Hall–Kier alpha value is -2.69. The van der Waals surface area contributed by atoms with Crippen molar-refractivity contribution in [3.63, 3.8) is 0 Å². The zero-order chi connectivity index (χ0) is 16.7. The van der Waals surface area contributed by atoms with Gasteiger partial charge in [-0.2, -0.15) is 0 Å². The van der Waals surface area contributed by atoms with Crippen LogP contribution in [0.2, 0.25) is 0 Å². The molecule has 0 saturated heterocycles. The van der Waals surface area contributed by atoms with Crippen molar-refractivity contribution in [2.24, 2.45) is 0 Å².